The molecule has 1 fully saturated rings. The molecule has 1 aliphatic heterocycles. The van der Waals surface area contributed by atoms with Gasteiger partial charge in [0, 0.05) is 31.4 Å². The minimum absolute atomic E-state index is 0.0356. The van der Waals surface area contributed by atoms with Gasteiger partial charge in [-0.15, -0.1) is 0 Å². The van der Waals surface area contributed by atoms with Crippen molar-refractivity contribution in [3.8, 4) is 0 Å². The average molecular weight is 386 g/mol. The molecule has 2 amide bonds. The average Bonchev–Trinajstić information content (AvgIpc) is 3.11. The molecule has 1 atom stereocenters. The smallest absolute Gasteiger partial charge is 0.254 e. The lowest BCUT2D eigenvalue weighted by atomic mass is 9.96. The van der Waals surface area contributed by atoms with Crippen LogP contribution < -0.4 is 5.32 Å². The van der Waals surface area contributed by atoms with Gasteiger partial charge in [-0.2, -0.15) is 5.10 Å². The second-order valence-corrected chi connectivity index (χ2v) is 8.15. The fourth-order valence-electron chi connectivity index (χ4n) is 3.75. The molecule has 0 bridgehead atoms. The fraction of sp³-hybridized carbons (Fsp3) is 0.619. The number of pyridine rings is 1. The molecular weight excluding hydrogens is 354 g/mol. The van der Waals surface area contributed by atoms with Gasteiger partial charge in [0.2, 0.25) is 5.91 Å². The van der Waals surface area contributed by atoms with Crippen molar-refractivity contribution >= 4 is 22.8 Å². The van der Waals surface area contributed by atoms with E-state index in [9.17, 15) is 9.59 Å². The monoisotopic (exact) mass is 385 g/mol. The van der Waals surface area contributed by atoms with Gasteiger partial charge in [0.15, 0.2) is 5.65 Å². The molecule has 28 heavy (non-hydrogen) atoms. The molecule has 7 nitrogen and oxygen atoms in total. The van der Waals surface area contributed by atoms with Gasteiger partial charge in [0.1, 0.15) is 0 Å². The number of piperidine rings is 1. The van der Waals surface area contributed by atoms with E-state index in [2.05, 4.69) is 38.1 Å². The van der Waals surface area contributed by atoms with Crippen molar-refractivity contribution in [2.45, 2.75) is 59.4 Å². The zero-order valence-electron chi connectivity index (χ0n) is 17.5. The highest BCUT2D eigenvalue weighted by molar-refractivity contribution is 6.05. The van der Waals surface area contributed by atoms with E-state index in [0.717, 1.165) is 29.6 Å². The molecule has 152 valence electrons. The second kappa shape index (κ2) is 8.29. The first-order valence-corrected chi connectivity index (χ1v) is 10.3. The van der Waals surface area contributed by atoms with E-state index in [1.54, 1.807) is 6.20 Å². The lowest BCUT2D eigenvalue weighted by Crippen LogP contribution is -2.45. The standard InChI is InChI=1S/C21H31N5O2/c1-6-22-20(27)15-8-7-9-25(12-15)21(28)16-10-18(13(2)3)24-19-17(16)11-23-26(19)14(4)5/h10-11,13-15H,6-9,12H2,1-5H3,(H,22,27). The van der Waals surface area contributed by atoms with Gasteiger partial charge in [-0.3, -0.25) is 9.59 Å². The van der Waals surface area contributed by atoms with Crippen LogP contribution in [0.3, 0.4) is 0 Å². The van der Waals surface area contributed by atoms with Gasteiger partial charge in [0.05, 0.1) is 23.1 Å². The highest BCUT2D eigenvalue weighted by Gasteiger charge is 2.30. The first-order chi connectivity index (χ1) is 13.3. The summed E-state index contributed by atoms with van der Waals surface area (Å²) >= 11 is 0. The van der Waals surface area contributed by atoms with Gasteiger partial charge in [-0.1, -0.05) is 13.8 Å². The highest BCUT2D eigenvalue weighted by Crippen LogP contribution is 2.27. The van der Waals surface area contributed by atoms with E-state index in [1.165, 1.54) is 0 Å². The summed E-state index contributed by atoms with van der Waals surface area (Å²) < 4.78 is 1.87. The van der Waals surface area contributed by atoms with Crippen LogP contribution in [-0.2, 0) is 4.79 Å². The largest absolute Gasteiger partial charge is 0.356 e. The van der Waals surface area contributed by atoms with Crippen molar-refractivity contribution in [3.63, 3.8) is 0 Å². The van der Waals surface area contributed by atoms with Gasteiger partial charge in [0.25, 0.3) is 5.91 Å². The molecule has 2 aromatic rings. The number of fused-ring (bicyclic) bond motifs is 1. The van der Waals surface area contributed by atoms with Crippen LogP contribution in [0.1, 0.15) is 75.5 Å². The molecule has 1 N–H and O–H groups in total. The molecule has 0 aromatic carbocycles. The van der Waals surface area contributed by atoms with Crippen molar-refractivity contribution in [1.82, 2.24) is 25.0 Å². The molecule has 3 heterocycles. The maximum atomic E-state index is 13.4. The maximum absolute atomic E-state index is 13.4. The molecule has 1 aliphatic rings. The van der Waals surface area contributed by atoms with Crippen molar-refractivity contribution in [2.75, 3.05) is 19.6 Å². The summed E-state index contributed by atoms with van der Waals surface area (Å²) in [6.07, 6.45) is 3.40. The Bertz CT molecular complexity index is 871. The van der Waals surface area contributed by atoms with Crippen molar-refractivity contribution in [3.05, 3.63) is 23.5 Å². The summed E-state index contributed by atoms with van der Waals surface area (Å²) in [5, 5.41) is 8.13. The summed E-state index contributed by atoms with van der Waals surface area (Å²) in [4.78, 5) is 32.3. The van der Waals surface area contributed by atoms with Crippen LogP contribution in [0, 0.1) is 5.92 Å². The van der Waals surface area contributed by atoms with E-state index >= 15 is 0 Å². The molecule has 0 spiro atoms. The Labute approximate surface area is 166 Å². The van der Waals surface area contributed by atoms with E-state index < -0.39 is 0 Å². The Morgan fingerprint density at radius 1 is 1.29 bits per heavy atom. The van der Waals surface area contributed by atoms with E-state index in [0.29, 0.717) is 25.2 Å². The molecule has 0 aliphatic carbocycles. The Balaban J connectivity index is 1.97. The lowest BCUT2D eigenvalue weighted by molar-refractivity contribution is -0.126. The number of aromatic nitrogens is 3. The molecular formula is C21H31N5O2. The van der Waals surface area contributed by atoms with E-state index in [-0.39, 0.29) is 29.7 Å². The van der Waals surface area contributed by atoms with Crippen LogP contribution in [-0.4, -0.2) is 51.1 Å². The van der Waals surface area contributed by atoms with Crippen LogP contribution in [0.25, 0.3) is 11.0 Å². The quantitative estimate of drug-likeness (QED) is 0.857. The first-order valence-electron chi connectivity index (χ1n) is 10.3. The summed E-state index contributed by atoms with van der Waals surface area (Å²) in [5.74, 6) is 0.0656. The van der Waals surface area contributed by atoms with Crippen LogP contribution in [0.5, 0.6) is 0 Å². The third kappa shape index (κ3) is 3.88. The predicted molar refractivity (Wildman–Crippen MR) is 109 cm³/mol. The number of carbonyl (C=O) groups excluding carboxylic acids is 2. The predicted octanol–water partition coefficient (Wildman–Crippen LogP) is 3.12. The van der Waals surface area contributed by atoms with Crippen LogP contribution >= 0.6 is 0 Å². The summed E-state index contributed by atoms with van der Waals surface area (Å²) in [6.45, 7) is 11.9. The number of nitrogens with zero attached hydrogens (tertiary/aromatic N) is 4. The third-order valence-corrected chi connectivity index (χ3v) is 5.33. The fourth-order valence-corrected chi connectivity index (χ4v) is 3.75. The zero-order valence-corrected chi connectivity index (χ0v) is 17.5. The van der Waals surface area contributed by atoms with Crippen molar-refractivity contribution in [2.24, 2.45) is 5.92 Å². The Morgan fingerprint density at radius 3 is 2.68 bits per heavy atom. The molecule has 3 rings (SSSR count). The van der Waals surface area contributed by atoms with Gasteiger partial charge < -0.3 is 10.2 Å². The molecule has 7 heteroatoms. The minimum Gasteiger partial charge on any atom is -0.356 e. The first kappa shape index (κ1) is 20.3. The second-order valence-electron chi connectivity index (χ2n) is 8.15. The van der Waals surface area contributed by atoms with Gasteiger partial charge in [-0.05, 0) is 45.6 Å². The van der Waals surface area contributed by atoms with E-state index in [1.807, 2.05) is 22.6 Å². The molecule has 1 unspecified atom stereocenters. The number of amides is 2. The van der Waals surface area contributed by atoms with E-state index in [4.69, 9.17) is 4.98 Å². The summed E-state index contributed by atoms with van der Waals surface area (Å²) in [5.41, 5.74) is 2.27. The van der Waals surface area contributed by atoms with Gasteiger partial charge in [-0.25, -0.2) is 9.67 Å². The number of carbonyl (C=O) groups is 2. The number of nitrogens with one attached hydrogen (secondary N) is 1. The topological polar surface area (TPSA) is 80.1 Å². The van der Waals surface area contributed by atoms with Crippen LogP contribution in [0.15, 0.2) is 12.3 Å². The van der Waals surface area contributed by atoms with Crippen molar-refractivity contribution in [1.29, 1.82) is 0 Å². The SMILES string of the molecule is CCNC(=O)C1CCCN(C(=O)c2cc(C(C)C)nc3c2cnn3C(C)C)C1. The maximum Gasteiger partial charge on any atom is 0.254 e. The number of rotatable bonds is 5. The zero-order chi connectivity index (χ0) is 20.4. The number of hydrogen-bond donors (Lipinski definition) is 1. The highest BCUT2D eigenvalue weighted by atomic mass is 16.2. The van der Waals surface area contributed by atoms with Crippen LogP contribution in [0.2, 0.25) is 0 Å². The number of likely N-dealkylation sites (tertiary alicyclic amines) is 1. The Morgan fingerprint density at radius 2 is 2.04 bits per heavy atom. The Hall–Kier alpha value is -2.44. The lowest BCUT2D eigenvalue weighted by Gasteiger charge is -2.32. The molecule has 0 radical (unpaired) electrons. The Kier molecular flexibility index (Phi) is 6.01. The van der Waals surface area contributed by atoms with Gasteiger partial charge >= 0.3 is 0 Å². The summed E-state index contributed by atoms with van der Waals surface area (Å²) in [6, 6.07) is 2.06. The molecule has 2 aromatic heterocycles. The molecule has 1 saturated heterocycles. The summed E-state index contributed by atoms with van der Waals surface area (Å²) in [7, 11) is 0. The van der Waals surface area contributed by atoms with Crippen molar-refractivity contribution < 1.29 is 9.59 Å². The normalized spacial score (nSPS) is 17.5. The number of hydrogen-bond acceptors (Lipinski definition) is 4. The van der Waals surface area contributed by atoms with Crippen LogP contribution in [0.4, 0.5) is 0 Å². The minimum atomic E-state index is -0.141. The third-order valence-electron chi connectivity index (χ3n) is 5.33. The molecule has 0 saturated carbocycles.